The molecular weight excluding hydrogens is 252 g/mol. The van der Waals surface area contributed by atoms with Crippen LogP contribution in [0.25, 0.3) is 0 Å². The van der Waals surface area contributed by atoms with Crippen molar-refractivity contribution < 1.29 is 19.3 Å². The van der Waals surface area contributed by atoms with Gasteiger partial charge in [-0.25, -0.2) is 4.79 Å². The van der Waals surface area contributed by atoms with Crippen molar-refractivity contribution in [3.8, 4) is 0 Å². The van der Waals surface area contributed by atoms with E-state index in [1.54, 1.807) is 19.1 Å². The molecule has 0 N–H and O–H groups in total. The predicted molar refractivity (Wildman–Crippen MR) is 65.8 cm³/mol. The third-order valence-electron chi connectivity index (χ3n) is 2.63. The molecule has 0 saturated carbocycles. The van der Waals surface area contributed by atoms with Gasteiger partial charge in [0.2, 0.25) is 6.10 Å². The van der Waals surface area contributed by atoms with E-state index in [1.807, 2.05) is 0 Å². The van der Waals surface area contributed by atoms with Crippen molar-refractivity contribution in [2.45, 2.75) is 19.4 Å². The molecule has 0 aromatic heterocycles. The highest BCUT2D eigenvalue weighted by atomic mass is 16.7. The topological polar surface area (TPSA) is 91.0 Å². The number of carbonyl (C=O) groups is 1. The van der Waals surface area contributed by atoms with Crippen molar-refractivity contribution >= 4 is 17.4 Å². The van der Waals surface area contributed by atoms with Gasteiger partial charge in [-0.2, -0.15) is 0 Å². The van der Waals surface area contributed by atoms with E-state index in [2.05, 4.69) is 5.16 Å². The summed E-state index contributed by atoms with van der Waals surface area (Å²) in [5.41, 5.74) is 1.27. The lowest BCUT2D eigenvalue weighted by Gasteiger charge is -2.06. The Morgan fingerprint density at radius 2 is 2.21 bits per heavy atom. The van der Waals surface area contributed by atoms with Crippen molar-refractivity contribution in [1.29, 1.82) is 0 Å². The Kier molecular flexibility index (Phi) is 3.74. The Bertz CT molecular complexity index is 523. The lowest BCUT2D eigenvalue weighted by Crippen LogP contribution is -2.23. The van der Waals surface area contributed by atoms with Gasteiger partial charge in [0.05, 0.1) is 17.2 Å². The Morgan fingerprint density at radius 3 is 2.79 bits per heavy atom. The first-order valence-electron chi connectivity index (χ1n) is 5.76. The molecule has 19 heavy (non-hydrogen) atoms. The standard InChI is InChI=1S/C12H12N2O5/c1-2-18-12(15)11-7-10(13-19-11)8-3-5-9(6-4-8)14(16)17/h3-6,11H,2,7H2,1H3. The van der Waals surface area contributed by atoms with Crippen molar-refractivity contribution in [1.82, 2.24) is 0 Å². The van der Waals surface area contributed by atoms with E-state index in [1.165, 1.54) is 12.1 Å². The molecule has 0 spiro atoms. The third kappa shape index (κ3) is 2.87. The summed E-state index contributed by atoms with van der Waals surface area (Å²) < 4.78 is 4.83. The number of nitro groups is 1. The summed E-state index contributed by atoms with van der Waals surface area (Å²) in [5.74, 6) is -0.455. The summed E-state index contributed by atoms with van der Waals surface area (Å²) >= 11 is 0. The highest BCUT2D eigenvalue weighted by molar-refractivity contribution is 6.03. The summed E-state index contributed by atoms with van der Waals surface area (Å²) in [6.45, 7) is 2.00. The maximum atomic E-state index is 11.5. The number of oxime groups is 1. The van der Waals surface area contributed by atoms with Crippen LogP contribution in [0.1, 0.15) is 18.9 Å². The van der Waals surface area contributed by atoms with Gasteiger partial charge < -0.3 is 9.57 Å². The number of hydrogen-bond acceptors (Lipinski definition) is 6. The van der Waals surface area contributed by atoms with Crippen LogP contribution in [-0.2, 0) is 14.4 Å². The molecule has 1 unspecified atom stereocenters. The molecule has 1 aromatic carbocycles. The molecule has 0 bridgehead atoms. The Labute approximate surface area is 109 Å². The van der Waals surface area contributed by atoms with Crippen LogP contribution in [0.15, 0.2) is 29.4 Å². The van der Waals surface area contributed by atoms with Crippen LogP contribution < -0.4 is 0 Å². The summed E-state index contributed by atoms with van der Waals surface area (Å²) in [6, 6.07) is 5.92. The normalized spacial score (nSPS) is 17.5. The number of esters is 1. The van der Waals surface area contributed by atoms with Gasteiger partial charge in [0, 0.05) is 18.6 Å². The molecule has 100 valence electrons. The average Bonchev–Trinajstić information content (AvgIpc) is 2.89. The number of ether oxygens (including phenoxy) is 1. The second-order valence-electron chi connectivity index (χ2n) is 3.89. The van der Waals surface area contributed by atoms with Crippen LogP contribution >= 0.6 is 0 Å². The maximum Gasteiger partial charge on any atom is 0.350 e. The summed E-state index contributed by atoms with van der Waals surface area (Å²) in [6.07, 6.45) is -0.429. The molecule has 0 fully saturated rings. The number of rotatable bonds is 4. The second-order valence-corrected chi connectivity index (χ2v) is 3.89. The van der Waals surface area contributed by atoms with Crippen LogP contribution in [0.4, 0.5) is 5.69 Å². The van der Waals surface area contributed by atoms with Gasteiger partial charge in [0.25, 0.3) is 5.69 Å². The fraction of sp³-hybridized carbons (Fsp3) is 0.333. The molecule has 1 aliphatic rings. The molecule has 1 heterocycles. The summed E-state index contributed by atoms with van der Waals surface area (Å²) in [7, 11) is 0. The van der Waals surface area contributed by atoms with E-state index in [9.17, 15) is 14.9 Å². The lowest BCUT2D eigenvalue weighted by atomic mass is 10.0. The number of nitrogens with zero attached hydrogens (tertiary/aromatic N) is 2. The van der Waals surface area contributed by atoms with Crippen LogP contribution in [0.2, 0.25) is 0 Å². The van der Waals surface area contributed by atoms with E-state index >= 15 is 0 Å². The van der Waals surface area contributed by atoms with E-state index in [0.29, 0.717) is 17.7 Å². The molecule has 7 nitrogen and oxygen atoms in total. The monoisotopic (exact) mass is 264 g/mol. The molecular formula is C12H12N2O5. The van der Waals surface area contributed by atoms with E-state index < -0.39 is 17.0 Å². The molecule has 7 heteroatoms. The van der Waals surface area contributed by atoms with E-state index in [-0.39, 0.29) is 12.3 Å². The first kappa shape index (κ1) is 13.0. The number of non-ortho nitro benzene ring substituents is 1. The fourth-order valence-electron chi connectivity index (χ4n) is 1.69. The van der Waals surface area contributed by atoms with Crippen molar-refractivity contribution in [3.05, 3.63) is 39.9 Å². The molecule has 0 amide bonds. The number of nitro benzene ring substituents is 1. The minimum atomic E-state index is -0.731. The smallest absolute Gasteiger partial charge is 0.350 e. The number of hydrogen-bond donors (Lipinski definition) is 0. The minimum absolute atomic E-state index is 0.00482. The van der Waals surface area contributed by atoms with Gasteiger partial charge in [0.15, 0.2) is 0 Å². The van der Waals surface area contributed by atoms with Crippen molar-refractivity contribution in [3.63, 3.8) is 0 Å². The molecule has 1 atom stereocenters. The molecule has 2 rings (SSSR count). The van der Waals surface area contributed by atoms with Crippen LogP contribution in [0.5, 0.6) is 0 Å². The van der Waals surface area contributed by atoms with E-state index in [0.717, 1.165) is 0 Å². The van der Waals surface area contributed by atoms with Crippen molar-refractivity contribution in [2.75, 3.05) is 6.61 Å². The van der Waals surface area contributed by atoms with Gasteiger partial charge in [-0.15, -0.1) is 0 Å². The lowest BCUT2D eigenvalue weighted by molar-refractivity contribution is -0.384. The minimum Gasteiger partial charge on any atom is -0.463 e. The molecule has 0 radical (unpaired) electrons. The van der Waals surface area contributed by atoms with Gasteiger partial charge in [0.1, 0.15) is 0 Å². The largest absolute Gasteiger partial charge is 0.463 e. The van der Waals surface area contributed by atoms with Crippen LogP contribution in [0.3, 0.4) is 0 Å². The zero-order valence-electron chi connectivity index (χ0n) is 10.2. The quantitative estimate of drug-likeness (QED) is 0.468. The predicted octanol–water partition coefficient (Wildman–Crippen LogP) is 1.65. The zero-order chi connectivity index (χ0) is 13.8. The third-order valence-corrected chi connectivity index (χ3v) is 2.63. The van der Waals surface area contributed by atoms with E-state index in [4.69, 9.17) is 9.57 Å². The zero-order valence-corrected chi connectivity index (χ0v) is 10.2. The molecule has 0 aliphatic carbocycles. The van der Waals surface area contributed by atoms with Crippen LogP contribution in [-0.4, -0.2) is 29.3 Å². The molecule has 0 saturated heterocycles. The first-order chi connectivity index (χ1) is 9.11. The highest BCUT2D eigenvalue weighted by Crippen LogP contribution is 2.20. The summed E-state index contributed by atoms with van der Waals surface area (Å²) in [4.78, 5) is 26.5. The maximum absolute atomic E-state index is 11.5. The SMILES string of the molecule is CCOC(=O)C1CC(c2ccc([N+](=O)[O-])cc2)=NO1. The second kappa shape index (κ2) is 5.47. The number of carbonyl (C=O) groups excluding carboxylic acids is 1. The molecule has 1 aromatic rings. The first-order valence-corrected chi connectivity index (χ1v) is 5.76. The molecule has 1 aliphatic heterocycles. The number of benzene rings is 1. The summed E-state index contributed by atoms with van der Waals surface area (Å²) in [5, 5.41) is 14.3. The van der Waals surface area contributed by atoms with Gasteiger partial charge in [-0.05, 0) is 24.6 Å². The highest BCUT2D eigenvalue weighted by Gasteiger charge is 2.30. The van der Waals surface area contributed by atoms with Gasteiger partial charge in [-0.1, -0.05) is 5.16 Å². The van der Waals surface area contributed by atoms with Crippen molar-refractivity contribution in [2.24, 2.45) is 5.16 Å². The Balaban J connectivity index is 2.04. The Morgan fingerprint density at radius 1 is 1.53 bits per heavy atom. The van der Waals surface area contributed by atoms with Crippen LogP contribution in [0, 0.1) is 10.1 Å². The van der Waals surface area contributed by atoms with Gasteiger partial charge in [-0.3, -0.25) is 10.1 Å². The van der Waals surface area contributed by atoms with Gasteiger partial charge >= 0.3 is 5.97 Å². The Hall–Kier alpha value is -2.44. The average molecular weight is 264 g/mol. The fourth-order valence-corrected chi connectivity index (χ4v) is 1.69.